The fraction of sp³-hybridized carbons (Fsp3) is 0.348. The van der Waals surface area contributed by atoms with Gasteiger partial charge in [0.05, 0.1) is 17.2 Å². The highest BCUT2D eigenvalue weighted by molar-refractivity contribution is 5.52. The third kappa shape index (κ3) is 5.06. The van der Waals surface area contributed by atoms with E-state index in [1.165, 1.54) is 16.7 Å². The molecule has 1 aliphatic rings. The average Bonchev–Trinajstić information content (AvgIpc) is 3.14. The molecule has 1 atom stereocenters. The fourth-order valence-corrected chi connectivity index (χ4v) is 3.87. The van der Waals surface area contributed by atoms with Gasteiger partial charge < -0.3 is 4.57 Å². The molecule has 0 aliphatic heterocycles. The molecule has 1 aromatic heterocycles. The zero-order valence-electron chi connectivity index (χ0n) is 16.8. The minimum Gasteiger partial charge on any atom is -0.333 e. The summed E-state index contributed by atoms with van der Waals surface area (Å²) in [6.45, 7) is 6.85. The third-order valence-corrected chi connectivity index (χ3v) is 5.18. The Kier molecular flexibility index (Phi) is 6.24. The lowest BCUT2D eigenvalue weighted by molar-refractivity contribution is -0.434. The average molecular weight is 377 g/mol. The molecule has 0 spiro atoms. The molecule has 5 heteroatoms. The Morgan fingerprint density at radius 3 is 2.71 bits per heavy atom. The lowest BCUT2D eigenvalue weighted by atomic mass is 9.86. The number of hydrogen-bond donors (Lipinski definition) is 0. The van der Waals surface area contributed by atoms with E-state index >= 15 is 0 Å². The van der Waals surface area contributed by atoms with Crippen LogP contribution in [0.3, 0.4) is 0 Å². The van der Waals surface area contributed by atoms with Gasteiger partial charge in [-0.15, -0.1) is 0 Å². The highest BCUT2D eigenvalue weighted by Crippen LogP contribution is 2.33. The molecule has 0 fully saturated rings. The summed E-state index contributed by atoms with van der Waals surface area (Å²) in [4.78, 5) is 15.3. The van der Waals surface area contributed by atoms with E-state index in [0.29, 0.717) is 12.1 Å². The second-order valence-corrected chi connectivity index (χ2v) is 7.72. The van der Waals surface area contributed by atoms with Crippen LogP contribution in [0.2, 0.25) is 0 Å². The van der Waals surface area contributed by atoms with E-state index in [-0.39, 0.29) is 10.8 Å². The van der Waals surface area contributed by atoms with Crippen LogP contribution in [0.4, 0.5) is 0 Å². The summed E-state index contributed by atoms with van der Waals surface area (Å²) in [5, 5.41) is 11.5. The van der Waals surface area contributed by atoms with Crippen molar-refractivity contribution >= 4 is 6.08 Å². The molecule has 0 radical (unpaired) electrons. The first-order valence-corrected chi connectivity index (χ1v) is 9.65. The number of nitro groups is 1. The van der Waals surface area contributed by atoms with Gasteiger partial charge in [-0.1, -0.05) is 47.6 Å². The van der Waals surface area contributed by atoms with E-state index in [4.69, 9.17) is 0 Å². The molecule has 0 amide bonds. The van der Waals surface area contributed by atoms with Gasteiger partial charge in [0.15, 0.2) is 0 Å². The van der Waals surface area contributed by atoms with E-state index in [1.54, 1.807) is 6.20 Å². The molecular weight excluding hydrogens is 350 g/mol. The second kappa shape index (κ2) is 8.83. The summed E-state index contributed by atoms with van der Waals surface area (Å²) in [6.07, 6.45) is 12.1. The second-order valence-electron chi connectivity index (χ2n) is 7.72. The predicted octanol–water partition coefficient (Wildman–Crippen LogP) is 5.63. The normalized spacial score (nSPS) is 17.6. The van der Waals surface area contributed by atoms with Crippen LogP contribution in [0.5, 0.6) is 0 Å². The van der Waals surface area contributed by atoms with Crippen molar-refractivity contribution in [2.45, 2.75) is 46.6 Å². The number of imidazole rings is 1. The first-order valence-electron chi connectivity index (χ1n) is 9.65. The van der Waals surface area contributed by atoms with Crippen molar-refractivity contribution in [3.8, 4) is 0 Å². The van der Waals surface area contributed by atoms with Gasteiger partial charge in [0.25, 0.3) is 5.70 Å². The standard InChI is InChI=1S/C23H27N3O2/c1-17(4-9-22-14-18(2)12-19(3)23(22)26(27)28)13-20-5-7-21(8-6-20)15-25-11-10-24-16-25/h5-8,10-11,13-14,16,22H,4,9,12,15H2,1-3H3. The summed E-state index contributed by atoms with van der Waals surface area (Å²) in [5.74, 6) is -0.0929. The monoisotopic (exact) mass is 377 g/mol. The summed E-state index contributed by atoms with van der Waals surface area (Å²) in [7, 11) is 0. The summed E-state index contributed by atoms with van der Waals surface area (Å²) >= 11 is 0. The van der Waals surface area contributed by atoms with Crippen molar-refractivity contribution in [1.29, 1.82) is 0 Å². The number of hydrogen-bond acceptors (Lipinski definition) is 3. The summed E-state index contributed by atoms with van der Waals surface area (Å²) in [6, 6.07) is 8.49. The topological polar surface area (TPSA) is 61.0 Å². The maximum absolute atomic E-state index is 11.5. The minimum atomic E-state index is -0.193. The van der Waals surface area contributed by atoms with E-state index in [1.807, 2.05) is 24.0 Å². The van der Waals surface area contributed by atoms with E-state index < -0.39 is 0 Å². The molecule has 0 saturated carbocycles. The van der Waals surface area contributed by atoms with Crippen LogP contribution in [0.25, 0.3) is 6.08 Å². The van der Waals surface area contributed by atoms with Gasteiger partial charge in [-0.3, -0.25) is 10.1 Å². The summed E-state index contributed by atoms with van der Waals surface area (Å²) in [5.41, 5.74) is 6.13. The van der Waals surface area contributed by atoms with Crippen molar-refractivity contribution in [1.82, 2.24) is 9.55 Å². The molecule has 1 unspecified atom stereocenters. The van der Waals surface area contributed by atoms with Crippen LogP contribution >= 0.6 is 0 Å². The van der Waals surface area contributed by atoms with Crippen LogP contribution in [0, 0.1) is 16.0 Å². The van der Waals surface area contributed by atoms with Crippen molar-refractivity contribution < 1.29 is 4.92 Å². The lowest BCUT2D eigenvalue weighted by Crippen LogP contribution is -2.16. The van der Waals surface area contributed by atoms with Gasteiger partial charge in [0, 0.05) is 24.5 Å². The molecule has 1 aliphatic carbocycles. The van der Waals surface area contributed by atoms with E-state index in [2.05, 4.69) is 55.2 Å². The number of benzene rings is 1. The number of allylic oxidation sites excluding steroid dienone is 4. The fourth-order valence-electron chi connectivity index (χ4n) is 3.87. The quantitative estimate of drug-likeness (QED) is 0.357. The zero-order chi connectivity index (χ0) is 20.1. The highest BCUT2D eigenvalue weighted by atomic mass is 16.6. The summed E-state index contributed by atoms with van der Waals surface area (Å²) < 4.78 is 2.04. The molecule has 0 saturated heterocycles. The molecule has 0 bridgehead atoms. The van der Waals surface area contributed by atoms with E-state index in [0.717, 1.165) is 30.5 Å². The van der Waals surface area contributed by atoms with Crippen LogP contribution in [0.1, 0.15) is 51.2 Å². The molecule has 146 valence electrons. The molecular formula is C23H27N3O2. The Morgan fingerprint density at radius 2 is 2.07 bits per heavy atom. The molecule has 1 aromatic carbocycles. The third-order valence-electron chi connectivity index (χ3n) is 5.18. The Bertz CT molecular complexity index is 919. The Balaban J connectivity index is 1.62. The minimum absolute atomic E-state index is 0.0929. The molecule has 1 heterocycles. The van der Waals surface area contributed by atoms with Gasteiger partial charge in [-0.05, 0) is 51.2 Å². The Labute approximate surface area is 166 Å². The maximum Gasteiger partial charge on any atom is 0.252 e. The molecule has 3 rings (SSSR count). The van der Waals surface area contributed by atoms with Gasteiger partial charge >= 0.3 is 0 Å². The highest BCUT2D eigenvalue weighted by Gasteiger charge is 2.28. The first kappa shape index (κ1) is 19.8. The number of nitrogens with zero attached hydrogens (tertiary/aromatic N) is 3. The SMILES string of the molecule is CC(=Cc1ccc(Cn2ccnc2)cc1)CCC1C=C(C)CC(C)=C1[N+](=O)[O-]. The van der Waals surface area contributed by atoms with Crippen LogP contribution in [-0.4, -0.2) is 14.5 Å². The number of rotatable bonds is 7. The van der Waals surface area contributed by atoms with Crippen molar-refractivity contribution in [3.05, 3.63) is 92.7 Å². The molecule has 2 aromatic rings. The van der Waals surface area contributed by atoms with Gasteiger partial charge in [0.1, 0.15) is 0 Å². The first-order chi connectivity index (χ1) is 13.4. The Hall–Kier alpha value is -2.95. The zero-order valence-corrected chi connectivity index (χ0v) is 16.8. The number of aromatic nitrogens is 2. The van der Waals surface area contributed by atoms with E-state index in [9.17, 15) is 10.1 Å². The lowest BCUT2D eigenvalue weighted by Gasteiger charge is -2.19. The van der Waals surface area contributed by atoms with Crippen LogP contribution < -0.4 is 0 Å². The molecule has 0 N–H and O–H groups in total. The largest absolute Gasteiger partial charge is 0.333 e. The van der Waals surface area contributed by atoms with Crippen LogP contribution in [-0.2, 0) is 6.54 Å². The van der Waals surface area contributed by atoms with Crippen molar-refractivity contribution in [3.63, 3.8) is 0 Å². The van der Waals surface area contributed by atoms with Gasteiger partial charge in [-0.2, -0.15) is 0 Å². The molecule has 28 heavy (non-hydrogen) atoms. The van der Waals surface area contributed by atoms with Crippen molar-refractivity contribution in [2.24, 2.45) is 5.92 Å². The maximum atomic E-state index is 11.5. The van der Waals surface area contributed by atoms with Crippen molar-refractivity contribution in [2.75, 3.05) is 0 Å². The smallest absolute Gasteiger partial charge is 0.252 e. The molecule has 5 nitrogen and oxygen atoms in total. The van der Waals surface area contributed by atoms with Gasteiger partial charge in [-0.25, -0.2) is 4.98 Å². The van der Waals surface area contributed by atoms with Crippen LogP contribution in [0.15, 0.2) is 71.5 Å². The predicted molar refractivity (Wildman–Crippen MR) is 112 cm³/mol. The van der Waals surface area contributed by atoms with Gasteiger partial charge in [0.2, 0.25) is 0 Å². The Morgan fingerprint density at radius 1 is 1.32 bits per heavy atom.